The number of carbonyl (C=O) groups is 1. The smallest absolute Gasteiger partial charge is 0.325 e. The van der Waals surface area contributed by atoms with E-state index in [1.807, 2.05) is 24.9 Å². The molecule has 1 aliphatic rings. The van der Waals surface area contributed by atoms with Gasteiger partial charge in [0.1, 0.15) is 12.4 Å². The molecule has 0 bridgehead atoms. The van der Waals surface area contributed by atoms with E-state index in [2.05, 4.69) is 11.1 Å². The van der Waals surface area contributed by atoms with Crippen LogP contribution in [0, 0.1) is 0 Å². The van der Waals surface area contributed by atoms with E-state index in [0.717, 1.165) is 18.7 Å². The quantitative estimate of drug-likeness (QED) is 0.742. The minimum absolute atomic E-state index is 0.211. The Balaban J connectivity index is 2.04. The summed E-state index contributed by atoms with van der Waals surface area (Å²) in [7, 11) is 1.86. The molecule has 1 heterocycles. The third-order valence-corrected chi connectivity index (χ3v) is 2.98. The molecule has 0 unspecified atom stereocenters. The van der Waals surface area contributed by atoms with Gasteiger partial charge in [0.2, 0.25) is 0 Å². The highest BCUT2D eigenvalue weighted by Crippen LogP contribution is 2.22. The zero-order valence-electron chi connectivity index (χ0n) is 10.4. The van der Waals surface area contributed by atoms with Crippen molar-refractivity contribution < 1.29 is 9.53 Å². The first-order valence-corrected chi connectivity index (χ1v) is 6.06. The lowest BCUT2D eigenvalue weighted by Crippen LogP contribution is -2.28. The molecule has 1 aromatic heterocycles. The Bertz CT molecular complexity index is 418. The monoisotopic (exact) mass is 234 g/mol. The number of fused-ring (bicyclic) bond motifs is 1. The van der Waals surface area contributed by atoms with Crippen molar-refractivity contribution in [3.8, 4) is 0 Å². The number of carbonyl (C=O) groups excluding carboxylic acids is 1. The van der Waals surface area contributed by atoms with Gasteiger partial charge in [0.05, 0.1) is 6.61 Å². The van der Waals surface area contributed by atoms with Crippen LogP contribution < -0.4 is 4.90 Å². The average molecular weight is 234 g/mol. The minimum Gasteiger partial charge on any atom is -0.465 e. The van der Waals surface area contributed by atoms with Crippen molar-refractivity contribution in [2.24, 2.45) is 0 Å². The summed E-state index contributed by atoms with van der Waals surface area (Å²) in [5.41, 5.74) is 2.52. The maximum absolute atomic E-state index is 11.4. The molecule has 0 saturated heterocycles. The molecule has 0 saturated carbocycles. The van der Waals surface area contributed by atoms with Gasteiger partial charge in [-0.2, -0.15) is 0 Å². The van der Waals surface area contributed by atoms with Gasteiger partial charge in [-0.1, -0.05) is 6.07 Å². The molecule has 0 amide bonds. The summed E-state index contributed by atoms with van der Waals surface area (Å²) in [6.45, 7) is 2.48. The van der Waals surface area contributed by atoms with Crippen LogP contribution in [-0.4, -0.2) is 31.2 Å². The molecule has 4 heteroatoms. The van der Waals surface area contributed by atoms with Crippen LogP contribution >= 0.6 is 0 Å². The van der Waals surface area contributed by atoms with Gasteiger partial charge in [0, 0.05) is 12.7 Å². The largest absolute Gasteiger partial charge is 0.465 e. The van der Waals surface area contributed by atoms with E-state index in [0.29, 0.717) is 6.61 Å². The fourth-order valence-corrected chi connectivity index (χ4v) is 2.10. The number of aromatic nitrogens is 1. The minimum atomic E-state index is -0.211. The van der Waals surface area contributed by atoms with Gasteiger partial charge >= 0.3 is 5.97 Å². The predicted molar refractivity (Wildman–Crippen MR) is 66.2 cm³/mol. The fraction of sp³-hybridized carbons (Fsp3) is 0.538. The van der Waals surface area contributed by atoms with Crippen molar-refractivity contribution in [2.75, 3.05) is 25.1 Å². The SMILES string of the molecule is CCOC(=O)CN(C)c1ccc2c(n1)CCC2. The molecule has 0 spiro atoms. The molecule has 92 valence electrons. The van der Waals surface area contributed by atoms with Crippen molar-refractivity contribution in [1.29, 1.82) is 0 Å². The lowest BCUT2D eigenvalue weighted by molar-refractivity contribution is -0.141. The van der Waals surface area contributed by atoms with Gasteiger partial charge in [-0.25, -0.2) is 4.98 Å². The molecule has 1 aromatic rings. The number of hydrogen-bond donors (Lipinski definition) is 0. The third-order valence-electron chi connectivity index (χ3n) is 2.98. The molecule has 0 atom stereocenters. The van der Waals surface area contributed by atoms with E-state index in [9.17, 15) is 4.79 Å². The number of esters is 1. The standard InChI is InChI=1S/C13H18N2O2/c1-3-17-13(16)9-15(2)12-8-7-10-5-4-6-11(10)14-12/h7-8H,3-6,9H2,1-2H3. The Labute approximate surface area is 102 Å². The topological polar surface area (TPSA) is 42.4 Å². The zero-order chi connectivity index (χ0) is 12.3. The van der Waals surface area contributed by atoms with E-state index in [1.54, 1.807) is 0 Å². The Morgan fingerprint density at radius 2 is 2.29 bits per heavy atom. The summed E-state index contributed by atoms with van der Waals surface area (Å²) >= 11 is 0. The summed E-state index contributed by atoms with van der Waals surface area (Å²) in [5.74, 6) is 0.635. The van der Waals surface area contributed by atoms with E-state index < -0.39 is 0 Å². The number of pyridine rings is 1. The van der Waals surface area contributed by atoms with Crippen LogP contribution in [0.15, 0.2) is 12.1 Å². The number of nitrogens with zero attached hydrogens (tertiary/aromatic N) is 2. The van der Waals surface area contributed by atoms with E-state index in [-0.39, 0.29) is 12.5 Å². The number of ether oxygens (including phenoxy) is 1. The van der Waals surface area contributed by atoms with Gasteiger partial charge in [-0.15, -0.1) is 0 Å². The fourth-order valence-electron chi connectivity index (χ4n) is 2.10. The molecular weight excluding hydrogens is 216 g/mol. The molecular formula is C13H18N2O2. The summed E-state index contributed by atoms with van der Waals surface area (Å²) in [6, 6.07) is 4.09. The number of rotatable bonds is 4. The Hall–Kier alpha value is -1.58. The second-order valence-corrected chi connectivity index (χ2v) is 4.29. The van der Waals surface area contributed by atoms with Crippen molar-refractivity contribution in [1.82, 2.24) is 4.98 Å². The van der Waals surface area contributed by atoms with Gasteiger partial charge < -0.3 is 9.64 Å². The third kappa shape index (κ3) is 2.75. The van der Waals surface area contributed by atoms with Crippen molar-refractivity contribution >= 4 is 11.8 Å². The molecule has 0 radical (unpaired) electrons. The summed E-state index contributed by atoms with van der Waals surface area (Å²) in [5, 5.41) is 0. The van der Waals surface area contributed by atoms with Crippen molar-refractivity contribution in [3.05, 3.63) is 23.4 Å². The maximum atomic E-state index is 11.4. The van der Waals surface area contributed by atoms with Crippen LogP contribution in [0.3, 0.4) is 0 Å². The molecule has 0 N–H and O–H groups in total. The lowest BCUT2D eigenvalue weighted by Gasteiger charge is -2.17. The molecule has 4 nitrogen and oxygen atoms in total. The Morgan fingerprint density at radius 1 is 1.47 bits per heavy atom. The summed E-state index contributed by atoms with van der Waals surface area (Å²) in [6.07, 6.45) is 3.37. The van der Waals surface area contributed by atoms with Gasteiger partial charge in [-0.3, -0.25) is 4.79 Å². The maximum Gasteiger partial charge on any atom is 0.325 e. The van der Waals surface area contributed by atoms with Gasteiger partial charge in [-0.05, 0) is 37.8 Å². The number of likely N-dealkylation sites (N-methyl/N-ethyl adjacent to an activating group) is 1. The number of aryl methyl sites for hydroxylation is 2. The molecule has 1 aliphatic carbocycles. The zero-order valence-corrected chi connectivity index (χ0v) is 10.4. The molecule has 0 aromatic carbocycles. The van der Waals surface area contributed by atoms with Crippen molar-refractivity contribution in [2.45, 2.75) is 26.2 Å². The predicted octanol–water partition coefficient (Wildman–Crippen LogP) is 1.57. The van der Waals surface area contributed by atoms with Crippen LogP contribution in [-0.2, 0) is 22.4 Å². The Kier molecular flexibility index (Phi) is 3.61. The van der Waals surface area contributed by atoms with Crippen LogP contribution in [0.4, 0.5) is 5.82 Å². The first-order valence-electron chi connectivity index (χ1n) is 6.06. The van der Waals surface area contributed by atoms with E-state index in [4.69, 9.17) is 4.74 Å². The summed E-state index contributed by atoms with van der Waals surface area (Å²) in [4.78, 5) is 17.8. The first-order chi connectivity index (χ1) is 8.20. The Morgan fingerprint density at radius 3 is 3.06 bits per heavy atom. The molecule has 2 rings (SSSR count). The van der Waals surface area contributed by atoms with Crippen LogP contribution in [0.1, 0.15) is 24.6 Å². The van der Waals surface area contributed by atoms with Crippen LogP contribution in [0.25, 0.3) is 0 Å². The molecule has 17 heavy (non-hydrogen) atoms. The average Bonchev–Trinajstić information content (AvgIpc) is 2.75. The van der Waals surface area contributed by atoms with Crippen LogP contribution in [0.2, 0.25) is 0 Å². The highest BCUT2D eigenvalue weighted by Gasteiger charge is 2.15. The lowest BCUT2D eigenvalue weighted by atomic mass is 10.2. The van der Waals surface area contributed by atoms with E-state index >= 15 is 0 Å². The highest BCUT2D eigenvalue weighted by atomic mass is 16.5. The first kappa shape index (κ1) is 11.9. The van der Waals surface area contributed by atoms with Gasteiger partial charge in [0.25, 0.3) is 0 Å². The molecule has 0 fully saturated rings. The highest BCUT2D eigenvalue weighted by molar-refractivity contribution is 5.75. The van der Waals surface area contributed by atoms with Crippen LogP contribution in [0.5, 0.6) is 0 Å². The summed E-state index contributed by atoms with van der Waals surface area (Å²) < 4.78 is 4.92. The second kappa shape index (κ2) is 5.17. The van der Waals surface area contributed by atoms with Gasteiger partial charge in [0.15, 0.2) is 0 Å². The number of anilines is 1. The second-order valence-electron chi connectivity index (χ2n) is 4.29. The number of hydrogen-bond acceptors (Lipinski definition) is 4. The van der Waals surface area contributed by atoms with E-state index in [1.165, 1.54) is 17.7 Å². The normalized spacial score (nSPS) is 13.3. The molecule has 0 aliphatic heterocycles. The van der Waals surface area contributed by atoms with Crippen molar-refractivity contribution in [3.63, 3.8) is 0 Å².